The Bertz CT molecular complexity index is 522. The van der Waals surface area contributed by atoms with Crippen LogP contribution in [0.5, 0.6) is 0 Å². The predicted octanol–water partition coefficient (Wildman–Crippen LogP) is 3.80. The summed E-state index contributed by atoms with van der Waals surface area (Å²) in [6.45, 7) is 7.01. The lowest BCUT2D eigenvalue weighted by molar-refractivity contribution is 0.591. The van der Waals surface area contributed by atoms with Gasteiger partial charge in [0.05, 0.1) is 0 Å². The van der Waals surface area contributed by atoms with Gasteiger partial charge in [-0.05, 0) is 28.5 Å². The molecule has 0 aliphatic carbocycles. The third-order valence-corrected chi connectivity index (χ3v) is 3.84. The zero-order valence-corrected chi connectivity index (χ0v) is 10.6. The fraction of sp³-hybridized carbons (Fsp3) is 0.385. The molecule has 0 amide bonds. The zero-order chi connectivity index (χ0) is 11.9. The van der Waals surface area contributed by atoms with E-state index in [1.54, 1.807) is 17.4 Å². The molecule has 3 heteroatoms. The number of nitrogens with two attached hydrogens (primary N) is 1. The maximum Gasteiger partial charge on any atom is 0.124 e. The number of hydrogen-bond acceptors (Lipinski definition) is 2. The number of thiophene rings is 1. The molecule has 1 aromatic heterocycles. The van der Waals surface area contributed by atoms with Crippen molar-refractivity contribution in [2.24, 2.45) is 5.73 Å². The first kappa shape index (κ1) is 11.6. The van der Waals surface area contributed by atoms with E-state index in [-0.39, 0.29) is 11.2 Å². The molecule has 1 nitrogen and oxygen atoms in total. The summed E-state index contributed by atoms with van der Waals surface area (Å²) in [7, 11) is 0. The molecule has 16 heavy (non-hydrogen) atoms. The quantitative estimate of drug-likeness (QED) is 0.802. The third-order valence-electron chi connectivity index (χ3n) is 2.66. The molecule has 0 atom stereocenters. The van der Waals surface area contributed by atoms with Gasteiger partial charge in [-0.25, -0.2) is 4.39 Å². The summed E-state index contributed by atoms with van der Waals surface area (Å²) >= 11 is 1.60. The summed E-state index contributed by atoms with van der Waals surface area (Å²) < 4.78 is 14.1. The highest BCUT2D eigenvalue weighted by Crippen LogP contribution is 2.39. The van der Waals surface area contributed by atoms with Crippen LogP contribution >= 0.6 is 11.3 Å². The SMILES string of the molecule is CC(C)(C)c1c(CN)sc2cc(F)ccc12. The highest BCUT2D eigenvalue weighted by Gasteiger charge is 2.22. The van der Waals surface area contributed by atoms with Gasteiger partial charge in [0.15, 0.2) is 0 Å². The lowest BCUT2D eigenvalue weighted by atomic mass is 9.85. The van der Waals surface area contributed by atoms with E-state index in [1.165, 1.54) is 11.6 Å². The molecule has 1 heterocycles. The molecule has 0 aliphatic heterocycles. The van der Waals surface area contributed by atoms with Crippen molar-refractivity contribution in [3.8, 4) is 0 Å². The van der Waals surface area contributed by atoms with E-state index in [9.17, 15) is 4.39 Å². The number of rotatable bonds is 1. The van der Waals surface area contributed by atoms with Gasteiger partial charge in [0, 0.05) is 16.1 Å². The number of benzene rings is 1. The Labute approximate surface area is 99.1 Å². The van der Waals surface area contributed by atoms with Crippen molar-refractivity contribution in [3.05, 3.63) is 34.5 Å². The van der Waals surface area contributed by atoms with Crippen molar-refractivity contribution in [2.45, 2.75) is 32.7 Å². The highest BCUT2D eigenvalue weighted by atomic mass is 32.1. The first-order chi connectivity index (χ1) is 7.43. The van der Waals surface area contributed by atoms with E-state index in [1.807, 2.05) is 6.07 Å². The summed E-state index contributed by atoms with van der Waals surface area (Å²) in [4.78, 5) is 1.16. The van der Waals surface area contributed by atoms with Gasteiger partial charge in [-0.2, -0.15) is 0 Å². The third kappa shape index (κ3) is 1.85. The summed E-state index contributed by atoms with van der Waals surface area (Å²) in [5.41, 5.74) is 7.07. The molecule has 2 aromatic rings. The molecule has 0 spiro atoms. The summed E-state index contributed by atoms with van der Waals surface area (Å²) in [5, 5.41) is 1.14. The van der Waals surface area contributed by atoms with Gasteiger partial charge in [-0.3, -0.25) is 0 Å². The van der Waals surface area contributed by atoms with Crippen LogP contribution in [0.3, 0.4) is 0 Å². The molecule has 0 saturated heterocycles. The first-order valence-electron chi connectivity index (χ1n) is 5.35. The van der Waals surface area contributed by atoms with Crippen LogP contribution in [0.25, 0.3) is 10.1 Å². The first-order valence-corrected chi connectivity index (χ1v) is 6.16. The van der Waals surface area contributed by atoms with Crippen LogP contribution in [-0.4, -0.2) is 0 Å². The molecule has 0 unspecified atom stereocenters. The summed E-state index contributed by atoms with van der Waals surface area (Å²) in [6.07, 6.45) is 0. The van der Waals surface area contributed by atoms with Gasteiger partial charge in [0.25, 0.3) is 0 Å². The van der Waals surface area contributed by atoms with Gasteiger partial charge >= 0.3 is 0 Å². The van der Waals surface area contributed by atoms with Gasteiger partial charge in [0.2, 0.25) is 0 Å². The molecule has 2 rings (SSSR count). The van der Waals surface area contributed by atoms with Crippen LogP contribution in [0, 0.1) is 5.82 Å². The van der Waals surface area contributed by atoms with Crippen molar-refractivity contribution in [1.82, 2.24) is 0 Å². The second-order valence-corrected chi connectivity index (χ2v) is 6.13. The maximum absolute atomic E-state index is 13.2. The fourth-order valence-corrected chi connectivity index (χ4v) is 3.41. The van der Waals surface area contributed by atoms with Crippen molar-refractivity contribution < 1.29 is 4.39 Å². The van der Waals surface area contributed by atoms with Gasteiger partial charge in [0.1, 0.15) is 5.82 Å². The van der Waals surface area contributed by atoms with Crippen LogP contribution in [0.2, 0.25) is 0 Å². The molecule has 0 saturated carbocycles. The molecular formula is C13H16FNS. The monoisotopic (exact) mass is 237 g/mol. The normalized spacial score (nSPS) is 12.3. The Balaban J connectivity index is 2.79. The van der Waals surface area contributed by atoms with E-state index >= 15 is 0 Å². The van der Waals surface area contributed by atoms with Crippen LogP contribution in [0.1, 0.15) is 31.2 Å². The van der Waals surface area contributed by atoms with Crippen LogP contribution < -0.4 is 5.73 Å². The lowest BCUT2D eigenvalue weighted by Gasteiger charge is -2.20. The van der Waals surface area contributed by atoms with Crippen molar-refractivity contribution in [2.75, 3.05) is 0 Å². The molecule has 0 bridgehead atoms. The van der Waals surface area contributed by atoms with Crippen molar-refractivity contribution in [3.63, 3.8) is 0 Å². The predicted molar refractivity (Wildman–Crippen MR) is 68.4 cm³/mol. The minimum Gasteiger partial charge on any atom is -0.326 e. The Morgan fingerprint density at radius 1 is 1.31 bits per heavy atom. The van der Waals surface area contributed by atoms with E-state index in [4.69, 9.17) is 5.73 Å². The summed E-state index contributed by atoms with van der Waals surface area (Å²) in [5.74, 6) is -0.183. The molecular weight excluding hydrogens is 221 g/mol. The Morgan fingerprint density at radius 3 is 2.56 bits per heavy atom. The average Bonchev–Trinajstić information content (AvgIpc) is 2.54. The maximum atomic E-state index is 13.2. The fourth-order valence-electron chi connectivity index (χ4n) is 2.09. The Kier molecular flexibility index (Phi) is 2.76. The smallest absolute Gasteiger partial charge is 0.124 e. The molecule has 0 aliphatic rings. The minimum atomic E-state index is -0.183. The number of fused-ring (bicyclic) bond motifs is 1. The van der Waals surface area contributed by atoms with Crippen LogP contribution in [0.4, 0.5) is 4.39 Å². The number of halogens is 1. The largest absolute Gasteiger partial charge is 0.326 e. The second kappa shape index (κ2) is 3.82. The molecule has 2 N–H and O–H groups in total. The van der Waals surface area contributed by atoms with Gasteiger partial charge in [-0.1, -0.05) is 26.8 Å². The van der Waals surface area contributed by atoms with Crippen molar-refractivity contribution >= 4 is 21.4 Å². The van der Waals surface area contributed by atoms with E-state index in [0.29, 0.717) is 6.54 Å². The van der Waals surface area contributed by atoms with Crippen molar-refractivity contribution in [1.29, 1.82) is 0 Å². The summed E-state index contributed by atoms with van der Waals surface area (Å²) in [6, 6.07) is 4.97. The second-order valence-electron chi connectivity index (χ2n) is 4.99. The van der Waals surface area contributed by atoms with Gasteiger partial charge < -0.3 is 5.73 Å². The molecule has 0 radical (unpaired) electrons. The van der Waals surface area contributed by atoms with Crippen LogP contribution in [-0.2, 0) is 12.0 Å². The molecule has 86 valence electrons. The Morgan fingerprint density at radius 2 is 2.00 bits per heavy atom. The van der Waals surface area contributed by atoms with Crippen LogP contribution in [0.15, 0.2) is 18.2 Å². The standard InChI is InChI=1S/C13H16FNS/c1-13(2,3)12-9-5-4-8(14)6-10(9)16-11(12)7-15/h4-6H,7,15H2,1-3H3. The topological polar surface area (TPSA) is 26.0 Å². The van der Waals surface area contributed by atoms with E-state index in [0.717, 1.165) is 15.0 Å². The Hall–Kier alpha value is -0.930. The van der Waals surface area contributed by atoms with Gasteiger partial charge in [-0.15, -0.1) is 11.3 Å². The highest BCUT2D eigenvalue weighted by molar-refractivity contribution is 7.19. The average molecular weight is 237 g/mol. The molecule has 1 aromatic carbocycles. The van der Waals surface area contributed by atoms with E-state index < -0.39 is 0 Å². The molecule has 0 fully saturated rings. The number of hydrogen-bond donors (Lipinski definition) is 1. The lowest BCUT2D eigenvalue weighted by Crippen LogP contribution is -2.14. The zero-order valence-electron chi connectivity index (χ0n) is 9.80. The minimum absolute atomic E-state index is 0.0464. The van der Waals surface area contributed by atoms with E-state index in [2.05, 4.69) is 20.8 Å².